The maximum atomic E-state index is 5.83. The van der Waals surface area contributed by atoms with E-state index in [4.69, 9.17) is 21.7 Å². The van der Waals surface area contributed by atoms with E-state index in [1.54, 1.807) is 6.21 Å². The highest BCUT2D eigenvalue weighted by Gasteiger charge is 2.02. The summed E-state index contributed by atoms with van der Waals surface area (Å²) in [4.78, 5) is 0. The predicted octanol–water partition coefficient (Wildman–Crippen LogP) is 5.23. The van der Waals surface area contributed by atoms with Crippen molar-refractivity contribution in [2.45, 2.75) is 0 Å². The molecule has 3 aromatic carbocycles. The van der Waals surface area contributed by atoms with Crippen LogP contribution in [0, 0.1) is 0 Å². The molecule has 0 radical (unpaired) electrons. The summed E-state index contributed by atoms with van der Waals surface area (Å²) >= 11 is 8.64. The first-order valence-corrected chi connectivity index (χ1v) is 10.2. The minimum Gasteiger partial charge on any atom is -0.490 e. The van der Waals surface area contributed by atoms with Gasteiger partial charge in [0.2, 0.25) is 0 Å². The molecule has 2 N–H and O–H groups in total. The number of thiocarbonyl (C=S) groups is 1. The second kappa shape index (κ2) is 11.2. The predicted molar refractivity (Wildman–Crippen MR) is 125 cm³/mol. The first-order chi connectivity index (χ1) is 14.2. The first-order valence-electron chi connectivity index (χ1n) is 8.96. The maximum Gasteiger partial charge on any atom is 0.191 e. The lowest BCUT2D eigenvalue weighted by atomic mass is 10.2. The third-order valence-electron chi connectivity index (χ3n) is 3.74. The van der Waals surface area contributed by atoms with Crippen molar-refractivity contribution < 1.29 is 9.47 Å². The molecular weight excluding hydrogens is 450 g/mol. The Morgan fingerprint density at radius 2 is 1.59 bits per heavy atom. The highest BCUT2D eigenvalue weighted by atomic mass is 79.9. The molecule has 0 saturated heterocycles. The van der Waals surface area contributed by atoms with Crippen LogP contribution in [0.3, 0.4) is 0 Å². The van der Waals surface area contributed by atoms with Crippen molar-refractivity contribution in [3.8, 4) is 11.5 Å². The van der Waals surface area contributed by atoms with Gasteiger partial charge in [0.15, 0.2) is 5.11 Å². The van der Waals surface area contributed by atoms with Crippen molar-refractivity contribution in [1.82, 2.24) is 5.43 Å². The van der Waals surface area contributed by atoms with Gasteiger partial charge >= 0.3 is 0 Å². The number of hydrazone groups is 1. The van der Waals surface area contributed by atoms with Crippen molar-refractivity contribution in [3.05, 3.63) is 88.9 Å². The quantitative estimate of drug-likeness (QED) is 0.205. The molecule has 29 heavy (non-hydrogen) atoms. The molecule has 5 nitrogen and oxygen atoms in total. The summed E-state index contributed by atoms with van der Waals surface area (Å²) in [5, 5.41) is 7.66. The Morgan fingerprint density at radius 1 is 0.897 bits per heavy atom. The van der Waals surface area contributed by atoms with Crippen LogP contribution in [0.25, 0.3) is 0 Å². The van der Waals surface area contributed by atoms with Gasteiger partial charge in [0.05, 0.1) is 6.21 Å². The summed E-state index contributed by atoms with van der Waals surface area (Å²) in [5.41, 5.74) is 4.54. The number of nitrogens with one attached hydrogen (secondary N) is 2. The lowest BCUT2D eigenvalue weighted by Crippen LogP contribution is -2.23. The van der Waals surface area contributed by atoms with E-state index < -0.39 is 0 Å². The van der Waals surface area contributed by atoms with Crippen molar-refractivity contribution >= 4 is 45.2 Å². The Morgan fingerprint density at radius 3 is 2.38 bits per heavy atom. The van der Waals surface area contributed by atoms with Gasteiger partial charge in [-0.1, -0.05) is 46.3 Å². The summed E-state index contributed by atoms with van der Waals surface area (Å²) < 4.78 is 12.5. The van der Waals surface area contributed by atoms with Crippen LogP contribution in [0.4, 0.5) is 5.69 Å². The van der Waals surface area contributed by atoms with Gasteiger partial charge in [0.25, 0.3) is 0 Å². The van der Waals surface area contributed by atoms with Crippen LogP contribution in [0.2, 0.25) is 0 Å². The maximum absolute atomic E-state index is 5.83. The minimum absolute atomic E-state index is 0.411. The second-order valence-corrected chi connectivity index (χ2v) is 7.20. The summed E-state index contributed by atoms with van der Waals surface area (Å²) in [5.74, 6) is 1.52. The molecule has 0 atom stereocenters. The fourth-order valence-corrected chi connectivity index (χ4v) is 2.84. The molecule has 0 saturated carbocycles. The SMILES string of the molecule is S=C(N/N=C/c1ccccc1OCCOc1ccc(Br)cc1)Nc1ccccc1. The smallest absolute Gasteiger partial charge is 0.191 e. The monoisotopic (exact) mass is 469 g/mol. The average Bonchev–Trinajstić information content (AvgIpc) is 2.74. The van der Waals surface area contributed by atoms with Crippen LogP contribution in [0.5, 0.6) is 11.5 Å². The molecule has 0 fully saturated rings. The molecule has 0 amide bonds. The Kier molecular flexibility index (Phi) is 8.03. The fourth-order valence-electron chi connectivity index (χ4n) is 2.40. The zero-order valence-electron chi connectivity index (χ0n) is 15.5. The van der Waals surface area contributed by atoms with Crippen LogP contribution >= 0.6 is 28.1 Å². The minimum atomic E-state index is 0.411. The van der Waals surface area contributed by atoms with Crippen molar-refractivity contribution in [3.63, 3.8) is 0 Å². The molecule has 7 heteroatoms. The highest BCUT2D eigenvalue weighted by molar-refractivity contribution is 9.10. The molecule has 0 spiro atoms. The number of halogens is 1. The van der Waals surface area contributed by atoms with Gasteiger partial charge in [-0.2, -0.15) is 5.10 Å². The van der Waals surface area contributed by atoms with Crippen LogP contribution < -0.4 is 20.2 Å². The topological polar surface area (TPSA) is 54.9 Å². The Hall–Kier alpha value is -2.90. The Balaban J connectivity index is 1.47. The largest absolute Gasteiger partial charge is 0.490 e. The number of hydrogen-bond acceptors (Lipinski definition) is 4. The molecule has 148 valence electrons. The van der Waals surface area contributed by atoms with E-state index in [0.29, 0.717) is 18.3 Å². The van der Waals surface area contributed by atoms with Crippen LogP contribution in [0.15, 0.2) is 88.4 Å². The number of ether oxygens (including phenoxy) is 2. The number of rotatable bonds is 8. The lowest BCUT2D eigenvalue weighted by Gasteiger charge is -2.10. The van der Waals surface area contributed by atoms with Gasteiger partial charge in [-0.3, -0.25) is 5.43 Å². The molecule has 0 heterocycles. The van der Waals surface area contributed by atoms with E-state index in [2.05, 4.69) is 31.8 Å². The van der Waals surface area contributed by atoms with Gasteiger partial charge in [-0.15, -0.1) is 0 Å². The van der Waals surface area contributed by atoms with Crippen molar-refractivity contribution in [2.24, 2.45) is 5.10 Å². The van der Waals surface area contributed by atoms with Gasteiger partial charge in [-0.05, 0) is 60.7 Å². The first kappa shape index (κ1) is 20.8. The van der Waals surface area contributed by atoms with E-state index in [9.17, 15) is 0 Å². The van der Waals surface area contributed by atoms with Crippen molar-refractivity contribution in [1.29, 1.82) is 0 Å². The number of benzene rings is 3. The Bertz CT molecular complexity index is 950. The van der Waals surface area contributed by atoms with Crippen LogP contribution in [-0.4, -0.2) is 24.5 Å². The summed E-state index contributed by atoms with van der Waals surface area (Å²) in [6.45, 7) is 0.860. The molecule has 0 aromatic heterocycles. The lowest BCUT2D eigenvalue weighted by molar-refractivity contribution is 0.217. The van der Waals surface area contributed by atoms with Gasteiger partial charge in [0, 0.05) is 15.7 Å². The number of hydrogen-bond donors (Lipinski definition) is 2. The zero-order chi connectivity index (χ0) is 20.3. The second-order valence-electron chi connectivity index (χ2n) is 5.88. The number of anilines is 1. The van der Waals surface area contributed by atoms with E-state index >= 15 is 0 Å². The van der Waals surface area contributed by atoms with Gasteiger partial charge in [-0.25, -0.2) is 0 Å². The molecule has 0 aliphatic carbocycles. The number of para-hydroxylation sites is 2. The molecule has 0 unspecified atom stereocenters. The molecule has 0 aliphatic rings. The molecular formula is C22H20BrN3O2S. The van der Waals surface area contributed by atoms with E-state index in [0.717, 1.165) is 27.2 Å². The van der Waals surface area contributed by atoms with E-state index in [-0.39, 0.29) is 0 Å². The molecule has 3 aromatic rings. The summed E-state index contributed by atoms with van der Waals surface area (Å²) in [7, 11) is 0. The third kappa shape index (κ3) is 7.21. The Labute approximate surface area is 183 Å². The van der Waals surface area contributed by atoms with Gasteiger partial charge < -0.3 is 14.8 Å². The van der Waals surface area contributed by atoms with Crippen LogP contribution in [-0.2, 0) is 0 Å². The normalized spacial score (nSPS) is 10.5. The highest BCUT2D eigenvalue weighted by Crippen LogP contribution is 2.17. The molecule has 0 bridgehead atoms. The van der Waals surface area contributed by atoms with Gasteiger partial charge in [0.1, 0.15) is 24.7 Å². The van der Waals surface area contributed by atoms with Crippen LogP contribution in [0.1, 0.15) is 5.56 Å². The standard InChI is InChI=1S/C22H20BrN3O2S/c23-18-10-12-20(13-11-18)27-14-15-28-21-9-5-4-6-17(21)16-24-26-22(29)25-19-7-2-1-3-8-19/h1-13,16H,14-15H2,(H2,25,26,29)/b24-16+. The fraction of sp³-hybridized carbons (Fsp3) is 0.0909. The summed E-state index contributed by atoms with van der Waals surface area (Å²) in [6, 6.07) is 25.0. The third-order valence-corrected chi connectivity index (χ3v) is 4.47. The summed E-state index contributed by atoms with van der Waals surface area (Å²) in [6.07, 6.45) is 1.67. The van der Waals surface area contributed by atoms with E-state index in [1.807, 2.05) is 78.9 Å². The van der Waals surface area contributed by atoms with E-state index in [1.165, 1.54) is 0 Å². The molecule has 3 rings (SSSR count). The molecule has 0 aliphatic heterocycles. The zero-order valence-corrected chi connectivity index (χ0v) is 17.9. The van der Waals surface area contributed by atoms with Crippen molar-refractivity contribution in [2.75, 3.05) is 18.5 Å². The average molecular weight is 470 g/mol. The number of nitrogens with zero attached hydrogens (tertiary/aromatic N) is 1.